The molecule has 2 fully saturated rings. The average Bonchev–Trinajstić information content (AvgIpc) is 2.76. The van der Waals surface area contributed by atoms with Gasteiger partial charge < -0.3 is 26.8 Å². The van der Waals surface area contributed by atoms with Crippen LogP contribution in [0.25, 0.3) is 10.9 Å². The lowest BCUT2D eigenvalue weighted by molar-refractivity contribution is 0.0738. The van der Waals surface area contributed by atoms with Crippen LogP contribution in [0.4, 0.5) is 5.82 Å². The van der Waals surface area contributed by atoms with E-state index in [9.17, 15) is 4.79 Å². The van der Waals surface area contributed by atoms with Crippen LogP contribution in [0, 0.1) is 13.8 Å². The first-order valence-corrected chi connectivity index (χ1v) is 11.3. The molecule has 2 aliphatic rings. The third kappa shape index (κ3) is 5.93. The van der Waals surface area contributed by atoms with Crippen LogP contribution in [0.1, 0.15) is 62.4 Å². The molecule has 0 aliphatic carbocycles. The van der Waals surface area contributed by atoms with Crippen LogP contribution in [-0.4, -0.2) is 49.3 Å². The number of carbonyl (C=O) groups excluding carboxylic acids is 1. The minimum absolute atomic E-state index is 0. The second kappa shape index (κ2) is 11.4. The number of anilines is 1. The van der Waals surface area contributed by atoms with E-state index in [1.54, 1.807) is 0 Å². The molecule has 2 aromatic rings. The van der Waals surface area contributed by atoms with E-state index >= 15 is 0 Å². The number of ether oxygens (including phenoxy) is 1. The van der Waals surface area contributed by atoms with E-state index in [2.05, 4.69) is 36.2 Å². The number of benzene rings is 1. The molecule has 2 aliphatic heterocycles. The molecule has 1 aromatic heterocycles. The van der Waals surface area contributed by atoms with Gasteiger partial charge in [0.15, 0.2) is 0 Å². The monoisotopic (exact) mass is 431 g/mol. The molecule has 2 saturated heterocycles. The predicted molar refractivity (Wildman–Crippen MR) is 130 cm³/mol. The summed E-state index contributed by atoms with van der Waals surface area (Å²) in [5, 5.41) is 4.76. The Kier molecular flexibility index (Phi) is 9.22. The van der Waals surface area contributed by atoms with Gasteiger partial charge in [0.05, 0.1) is 11.1 Å². The number of amides is 1. The zero-order chi connectivity index (χ0) is 21.7. The van der Waals surface area contributed by atoms with E-state index in [1.807, 2.05) is 19.9 Å². The summed E-state index contributed by atoms with van der Waals surface area (Å²) in [6, 6.07) is 7.16. The van der Waals surface area contributed by atoms with E-state index < -0.39 is 5.91 Å². The molecule has 0 saturated carbocycles. The molecule has 174 valence electrons. The fourth-order valence-corrected chi connectivity index (χ4v) is 4.31. The Bertz CT molecular complexity index is 878. The molecule has 0 bridgehead atoms. The van der Waals surface area contributed by atoms with Crippen molar-refractivity contribution in [3.05, 3.63) is 34.9 Å². The number of nitrogens with two attached hydrogens (primary N) is 1. The number of hydrogen-bond donors (Lipinski definition) is 3. The summed E-state index contributed by atoms with van der Waals surface area (Å²) >= 11 is 0. The Morgan fingerprint density at radius 1 is 1.06 bits per heavy atom. The Hall–Kier alpha value is -2.22. The summed E-state index contributed by atoms with van der Waals surface area (Å²) in [6.07, 6.45) is 4.28. The number of nitrogens with one attached hydrogen (secondary N) is 1. The maximum Gasteiger partial charge on any atom is 0.252 e. The Morgan fingerprint density at radius 3 is 2.26 bits per heavy atom. The van der Waals surface area contributed by atoms with Crippen molar-refractivity contribution in [2.45, 2.75) is 65.5 Å². The minimum atomic E-state index is -0.412. The normalized spacial score (nSPS) is 17.6. The number of fused-ring (bicyclic) bond motifs is 1. The number of aryl methyl sites for hydroxylation is 2. The summed E-state index contributed by atoms with van der Waals surface area (Å²) in [6.45, 7) is 11.6. The number of piperidine rings is 1. The van der Waals surface area contributed by atoms with Gasteiger partial charge in [-0.1, -0.05) is 13.8 Å². The molecule has 7 heteroatoms. The summed E-state index contributed by atoms with van der Waals surface area (Å²) < 4.78 is 5.45. The summed E-state index contributed by atoms with van der Waals surface area (Å²) in [5.74, 6) is 0.317. The van der Waals surface area contributed by atoms with Gasteiger partial charge in [-0.25, -0.2) is 4.98 Å². The van der Waals surface area contributed by atoms with Crippen LogP contribution in [0.2, 0.25) is 0 Å². The summed E-state index contributed by atoms with van der Waals surface area (Å²) in [5.41, 5.74) is 9.54. The zero-order valence-electron chi connectivity index (χ0n) is 19.5. The molecular formula is C24H41N5O2. The van der Waals surface area contributed by atoms with Gasteiger partial charge in [0.25, 0.3) is 5.91 Å². The molecule has 4 rings (SSSR count). The van der Waals surface area contributed by atoms with Crippen molar-refractivity contribution in [1.29, 1.82) is 0 Å². The minimum Gasteiger partial charge on any atom is -0.381 e. The Labute approximate surface area is 187 Å². The van der Waals surface area contributed by atoms with Gasteiger partial charge >= 0.3 is 0 Å². The van der Waals surface area contributed by atoms with E-state index in [0.29, 0.717) is 17.6 Å². The molecule has 1 amide bonds. The quantitative estimate of drug-likeness (QED) is 0.670. The van der Waals surface area contributed by atoms with Crippen molar-refractivity contribution < 1.29 is 11.0 Å². The molecule has 0 radical (unpaired) electrons. The SMILES string of the molecule is CC.Cc1cc2cc(C(N)=O)c(N3CCC(NC4CCOCC4)CC3)nc2cc1C.N.[HH]. The van der Waals surface area contributed by atoms with Gasteiger partial charge in [-0.05, 0) is 68.9 Å². The first-order chi connectivity index (χ1) is 14.5. The number of aromatic nitrogens is 1. The lowest BCUT2D eigenvalue weighted by Crippen LogP contribution is -2.48. The third-order valence-corrected chi connectivity index (χ3v) is 6.16. The lowest BCUT2D eigenvalue weighted by Gasteiger charge is -2.36. The highest BCUT2D eigenvalue weighted by molar-refractivity contribution is 6.01. The van der Waals surface area contributed by atoms with Crippen LogP contribution < -0.4 is 22.1 Å². The first kappa shape index (κ1) is 25.0. The number of hydrogen-bond acceptors (Lipinski definition) is 6. The first-order valence-electron chi connectivity index (χ1n) is 11.3. The van der Waals surface area contributed by atoms with Gasteiger partial charge in [-0.3, -0.25) is 4.79 Å². The second-order valence-corrected chi connectivity index (χ2v) is 8.17. The number of primary amides is 1. The van der Waals surface area contributed by atoms with Gasteiger partial charge in [-0.15, -0.1) is 0 Å². The molecule has 6 N–H and O–H groups in total. The second-order valence-electron chi connectivity index (χ2n) is 8.17. The molecule has 0 spiro atoms. The molecule has 31 heavy (non-hydrogen) atoms. The van der Waals surface area contributed by atoms with E-state index in [0.717, 1.165) is 68.7 Å². The molecule has 7 nitrogen and oxygen atoms in total. The Morgan fingerprint density at radius 2 is 1.65 bits per heavy atom. The molecule has 0 unspecified atom stereocenters. The third-order valence-electron chi connectivity index (χ3n) is 6.16. The fourth-order valence-electron chi connectivity index (χ4n) is 4.31. The standard InChI is InChI=1S/C22H30N4O2.C2H6.H3N.H2/c1-14-11-16-13-19(21(23)27)22(25-20(16)12-15(14)2)26-7-3-17(4-8-26)24-18-5-9-28-10-6-18;1-2;;/h11-13,17-18,24H,3-10H2,1-2H3,(H2,23,27);1-2H3;1H3;1H. The van der Waals surface area contributed by atoms with E-state index in [1.165, 1.54) is 11.1 Å². The zero-order valence-corrected chi connectivity index (χ0v) is 19.5. The lowest BCUT2D eigenvalue weighted by atomic mass is 10.00. The maximum atomic E-state index is 12.1. The maximum absolute atomic E-state index is 12.1. The van der Waals surface area contributed by atoms with E-state index in [4.69, 9.17) is 15.5 Å². The topological polar surface area (TPSA) is 115 Å². The number of carbonyl (C=O) groups is 1. The highest BCUT2D eigenvalue weighted by Crippen LogP contribution is 2.28. The highest BCUT2D eigenvalue weighted by Gasteiger charge is 2.26. The van der Waals surface area contributed by atoms with Crippen LogP contribution in [0.15, 0.2) is 18.2 Å². The Balaban J connectivity index is 0.00000125. The number of nitrogens with zero attached hydrogens (tertiary/aromatic N) is 2. The average molecular weight is 432 g/mol. The van der Waals surface area contributed by atoms with Crippen LogP contribution >= 0.6 is 0 Å². The molecule has 1 aromatic carbocycles. The smallest absolute Gasteiger partial charge is 0.252 e. The fraction of sp³-hybridized carbons (Fsp3) is 0.583. The highest BCUT2D eigenvalue weighted by atomic mass is 16.5. The van der Waals surface area contributed by atoms with Crippen LogP contribution in [0.5, 0.6) is 0 Å². The van der Waals surface area contributed by atoms with Crippen molar-refractivity contribution in [1.82, 2.24) is 16.5 Å². The van der Waals surface area contributed by atoms with Crippen LogP contribution in [-0.2, 0) is 4.74 Å². The molecular weight excluding hydrogens is 390 g/mol. The predicted octanol–water partition coefficient (Wildman–Crippen LogP) is 4.12. The molecule has 3 heterocycles. The molecule has 0 atom stereocenters. The van der Waals surface area contributed by atoms with Gasteiger partial charge in [0.1, 0.15) is 5.82 Å². The van der Waals surface area contributed by atoms with Crippen LogP contribution in [0.3, 0.4) is 0 Å². The van der Waals surface area contributed by atoms with Gasteiger partial charge in [0, 0.05) is 45.2 Å². The van der Waals surface area contributed by atoms with Gasteiger partial charge in [-0.2, -0.15) is 0 Å². The number of pyridine rings is 1. The van der Waals surface area contributed by atoms with Crippen molar-refractivity contribution in [2.24, 2.45) is 5.73 Å². The number of rotatable bonds is 4. The van der Waals surface area contributed by atoms with Crippen molar-refractivity contribution >= 4 is 22.6 Å². The van der Waals surface area contributed by atoms with Crippen molar-refractivity contribution in [3.63, 3.8) is 0 Å². The summed E-state index contributed by atoms with van der Waals surface area (Å²) in [7, 11) is 0. The van der Waals surface area contributed by atoms with E-state index in [-0.39, 0.29) is 7.58 Å². The largest absolute Gasteiger partial charge is 0.381 e. The van der Waals surface area contributed by atoms with Crippen molar-refractivity contribution in [2.75, 3.05) is 31.2 Å². The summed E-state index contributed by atoms with van der Waals surface area (Å²) in [4.78, 5) is 19.2. The van der Waals surface area contributed by atoms with Gasteiger partial charge in [0.2, 0.25) is 0 Å². The van der Waals surface area contributed by atoms with Crippen molar-refractivity contribution in [3.8, 4) is 0 Å².